The van der Waals surface area contributed by atoms with E-state index in [1.165, 1.54) is 43.3 Å². The van der Waals surface area contributed by atoms with Crippen molar-refractivity contribution in [2.75, 3.05) is 24.2 Å². The number of amides is 1. The predicted molar refractivity (Wildman–Crippen MR) is 110 cm³/mol. The molecule has 1 amide bonds. The van der Waals surface area contributed by atoms with E-state index in [4.69, 9.17) is 4.74 Å². The molecule has 10 heteroatoms. The summed E-state index contributed by atoms with van der Waals surface area (Å²) in [5, 5.41) is 5.72. The third kappa shape index (κ3) is 6.20. The van der Waals surface area contributed by atoms with Gasteiger partial charge in [-0.2, -0.15) is 13.2 Å². The fourth-order valence-corrected chi connectivity index (χ4v) is 4.94. The maximum atomic E-state index is 13.0. The zero-order chi connectivity index (χ0) is 22.6. The van der Waals surface area contributed by atoms with E-state index in [1.807, 2.05) is 0 Å². The lowest BCUT2D eigenvalue weighted by Gasteiger charge is -2.24. The van der Waals surface area contributed by atoms with Gasteiger partial charge in [-0.05, 0) is 61.5 Å². The monoisotopic (exact) mass is 456 g/mol. The number of nitrogens with one attached hydrogen (secondary N) is 2. The van der Waals surface area contributed by atoms with Gasteiger partial charge in [0.2, 0.25) is 5.91 Å². The molecule has 2 aromatic carbocycles. The predicted octanol–water partition coefficient (Wildman–Crippen LogP) is 3.49. The Morgan fingerprint density at radius 2 is 1.81 bits per heavy atom. The van der Waals surface area contributed by atoms with E-state index in [2.05, 4.69) is 10.6 Å². The van der Waals surface area contributed by atoms with Crippen molar-refractivity contribution in [3.8, 4) is 5.75 Å². The SMILES string of the molecule is CC(=O)Nc1ccc(S(=O)(=O)C[C@@H](Oc2ccc(C(F)(F)F)cc2)[C@H]2CCNC2)cc1. The molecule has 1 saturated heterocycles. The Balaban J connectivity index is 1.78. The molecule has 1 aliphatic heterocycles. The molecule has 2 aromatic rings. The maximum absolute atomic E-state index is 13.0. The zero-order valence-electron chi connectivity index (χ0n) is 16.8. The fourth-order valence-electron chi connectivity index (χ4n) is 3.42. The first-order chi connectivity index (χ1) is 14.5. The average Bonchev–Trinajstić information content (AvgIpc) is 3.22. The van der Waals surface area contributed by atoms with E-state index >= 15 is 0 Å². The molecule has 0 aliphatic carbocycles. The van der Waals surface area contributed by atoms with E-state index in [-0.39, 0.29) is 28.2 Å². The Bertz CT molecular complexity index is 1000. The number of rotatable bonds is 7. The Kier molecular flexibility index (Phi) is 6.90. The third-order valence-electron chi connectivity index (χ3n) is 5.01. The Morgan fingerprint density at radius 1 is 1.16 bits per heavy atom. The summed E-state index contributed by atoms with van der Waals surface area (Å²) in [6, 6.07) is 10.0. The van der Waals surface area contributed by atoms with Crippen LogP contribution < -0.4 is 15.4 Å². The topological polar surface area (TPSA) is 84.5 Å². The van der Waals surface area contributed by atoms with Gasteiger partial charge in [0.25, 0.3) is 0 Å². The van der Waals surface area contributed by atoms with Gasteiger partial charge >= 0.3 is 6.18 Å². The lowest BCUT2D eigenvalue weighted by Crippen LogP contribution is -2.35. The van der Waals surface area contributed by atoms with Gasteiger partial charge in [-0.25, -0.2) is 8.42 Å². The standard InChI is InChI=1S/C21H23F3N2O4S/c1-14(27)26-17-4-8-19(9-5-17)31(28,29)13-20(15-10-11-25-12-15)30-18-6-2-16(3-7-18)21(22,23)24/h2-9,15,20,25H,10-13H2,1H3,(H,26,27)/t15-,20+/m0/s1. The van der Waals surface area contributed by atoms with Crippen molar-refractivity contribution in [3.63, 3.8) is 0 Å². The highest BCUT2D eigenvalue weighted by molar-refractivity contribution is 7.91. The highest BCUT2D eigenvalue weighted by Gasteiger charge is 2.33. The van der Waals surface area contributed by atoms with Gasteiger partial charge < -0.3 is 15.4 Å². The van der Waals surface area contributed by atoms with Crippen LogP contribution in [0.1, 0.15) is 18.9 Å². The number of hydrogen-bond donors (Lipinski definition) is 2. The van der Waals surface area contributed by atoms with Gasteiger partial charge in [0, 0.05) is 25.1 Å². The second-order valence-electron chi connectivity index (χ2n) is 7.42. The average molecular weight is 456 g/mol. The second-order valence-corrected chi connectivity index (χ2v) is 9.45. The molecule has 1 heterocycles. The lowest BCUT2D eigenvalue weighted by atomic mass is 10.0. The highest BCUT2D eigenvalue weighted by Crippen LogP contribution is 2.31. The summed E-state index contributed by atoms with van der Waals surface area (Å²) in [6.45, 7) is 2.62. The van der Waals surface area contributed by atoms with E-state index in [9.17, 15) is 26.4 Å². The van der Waals surface area contributed by atoms with Crippen molar-refractivity contribution < 1.29 is 31.1 Å². The van der Waals surface area contributed by atoms with E-state index in [0.717, 1.165) is 12.1 Å². The number of sulfone groups is 1. The minimum absolute atomic E-state index is 0.0774. The number of halogens is 3. The summed E-state index contributed by atoms with van der Waals surface area (Å²) < 4.78 is 70.2. The van der Waals surface area contributed by atoms with Crippen molar-refractivity contribution in [2.24, 2.45) is 5.92 Å². The highest BCUT2D eigenvalue weighted by atomic mass is 32.2. The van der Waals surface area contributed by atoms with Crippen molar-refractivity contribution in [2.45, 2.75) is 30.5 Å². The second kappa shape index (κ2) is 9.27. The molecule has 0 radical (unpaired) electrons. The molecule has 168 valence electrons. The van der Waals surface area contributed by atoms with Crippen molar-refractivity contribution in [3.05, 3.63) is 54.1 Å². The maximum Gasteiger partial charge on any atom is 0.416 e. The number of benzene rings is 2. The van der Waals surface area contributed by atoms with Crippen LogP contribution in [0, 0.1) is 5.92 Å². The summed E-state index contributed by atoms with van der Waals surface area (Å²) in [5.41, 5.74) is -0.324. The Hall–Kier alpha value is -2.59. The molecule has 31 heavy (non-hydrogen) atoms. The van der Waals surface area contributed by atoms with E-state index < -0.39 is 27.7 Å². The number of alkyl halides is 3. The molecule has 2 atom stereocenters. The molecular formula is C21H23F3N2O4S. The molecule has 0 spiro atoms. The van der Waals surface area contributed by atoms with Crippen LogP contribution >= 0.6 is 0 Å². The molecule has 6 nitrogen and oxygen atoms in total. The van der Waals surface area contributed by atoms with Crippen LogP contribution in [0.4, 0.5) is 18.9 Å². The molecule has 0 aromatic heterocycles. The van der Waals surface area contributed by atoms with Gasteiger partial charge in [0.05, 0.1) is 16.2 Å². The molecule has 0 bridgehead atoms. The molecular weight excluding hydrogens is 433 g/mol. The first-order valence-corrected chi connectivity index (χ1v) is 11.3. The van der Waals surface area contributed by atoms with Gasteiger partial charge in [-0.15, -0.1) is 0 Å². The number of carbonyl (C=O) groups is 1. The van der Waals surface area contributed by atoms with Gasteiger partial charge in [-0.1, -0.05) is 0 Å². The minimum Gasteiger partial charge on any atom is -0.489 e. The third-order valence-corrected chi connectivity index (χ3v) is 6.77. The molecule has 3 rings (SSSR count). The van der Waals surface area contributed by atoms with Crippen molar-refractivity contribution in [1.82, 2.24) is 5.32 Å². The fraction of sp³-hybridized carbons (Fsp3) is 0.381. The molecule has 0 saturated carbocycles. The normalized spacial score (nSPS) is 17.9. The van der Waals surface area contributed by atoms with Gasteiger partial charge in [-0.3, -0.25) is 4.79 Å². The Morgan fingerprint density at radius 3 is 2.32 bits per heavy atom. The van der Waals surface area contributed by atoms with Crippen LogP contribution in [-0.4, -0.2) is 39.3 Å². The number of ether oxygens (including phenoxy) is 1. The number of anilines is 1. The van der Waals surface area contributed by atoms with Crippen LogP contribution in [0.2, 0.25) is 0 Å². The quantitative estimate of drug-likeness (QED) is 0.666. The van der Waals surface area contributed by atoms with E-state index in [1.54, 1.807) is 0 Å². The summed E-state index contributed by atoms with van der Waals surface area (Å²) in [4.78, 5) is 11.2. The zero-order valence-corrected chi connectivity index (χ0v) is 17.6. The number of hydrogen-bond acceptors (Lipinski definition) is 5. The largest absolute Gasteiger partial charge is 0.489 e. The van der Waals surface area contributed by atoms with Crippen molar-refractivity contribution in [1.29, 1.82) is 0 Å². The smallest absolute Gasteiger partial charge is 0.416 e. The van der Waals surface area contributed by atoms with Crippen LogP contribution in [0.15, 0.2) is 53.4 Å². The van der Waals surface area contributed by atoms with E-state index in [0.29, 0.717) is 25.2 Å². The summed E-state index contributed by atoms with van der Waals surface area (Å²) >= 11 is 0. The molecule has 0 unspecified atom stereocenters. The van der Waals surface area contributed by atoms with Gasteiger partial charge in [0.1, 0.15) is 11.9 Å². The van der Waals surface area contributed by atoms with Crippen molar-refractivity contribution >= 4 is 21.4 Å². The Labute approximate surface area is 178 Å². The summed E-state index contributed by atoms with van der Waals surface area (Å²) in [6.07, 6.45) is -4.49. The van der Waals surface area contributed by atoms with Crippen LogP contribution in [-0.2, 0) is 20.8 Å². The molecule has 1 aliphatic rings. The van der Waals surface area contributed by atoms with Gasteiger partial charge in [0.15, 0.2) is 9.84 Å². The summed E-state index contributed by atoms with van der Waals surface area (Å²) in [5.74, 6) is -0.508. The van der Waals surface area contributed by atoms with Crippen LogP contribution in [0.25, 0.3) is 0 Å². The number of carbonyl (C=O) groups excluding carboxylic acids is 1. The van der Waals surface area contributed by atoms with Crippen LogP contribution in [0.3, 0.4) is 0 Å². The van der Waals surface area contributed by atoms with Crippen LogP contribution in [0.5, 0.6) is 5.75 Å². The first kappa shape index (κ1) is 23.1. The molecule has 2 N–H and O–H groups in total. The first-order valence-electron chi connectivity index (χ1n) is 9.69. The summed E-state index contributed by atoms with van der Waals surface area (Å²) in [7, 11) is -3.74. The molecule has 1 fully saturated rings. The minimum atomic E-state index is -4.46. The lowest BCUT2D eigenvalue weighted by molar-refractivity contribution is -0.137.